The summed E-state index contributed by atoms with van der Waals surface area (Å²) in [5.41, 5.74) is 3.86. The molecule has 1 N–H and O–H groups in total. The zero-order valence-electron chi connectivity index (χ0n) is 17.6. The van der Waals surface area contributed by atoms with Crippen molar-refractivity contribution >= 4 is 21.6 Å². The van der Waals surface area contributed by atoms with Crippen LogP contribution >= 0.6 is 11.3 Å². The lowest BCUT2D eigenvalue weighted by atomic mass is 9.90. The van der Waals surface area contributed by atoms with Crippen LogP contribution in [0.2, 0.25) is 0 Å². The van der Waals surface area contributed by atoms with E-state index in [1.54, 1.807) is 0 Å². The van der Waals surface area contributed by atoms with Crippen molar-refractivity contribution in [2.24, 2.45) is 0 Å². The van der Waals surface area contributed by atoms with E-state index in [1.165, 1.54) is 59.9 Å². The van der Waals surface area contributed by atoms with E-state index in [1.807, 2.05) is 17.5 Å². The number of hydrogen-bond donors (Lipinski definition) is 1. The third-order valence-corrected chi connectivity index (χ3v) is 7.43. The van der Waals surface area contributed by atoms with Gasteiger partial charge in [-0.15, -0.1) is 11.3 Å². The second kappa shape index (κ2) is 9.52. The Morgan fingerprint density at radius 2 is 2.03 bits per heavy atom. The molecule has 1 aliphatic carbocycles. The van der Waals surface area contributed by atoms with Crippen molar-refractivity contribution in [1.29, 1.82) is 0 Å². The molecule has 6 heteroatoms. The Kier molecular flexibility index (Phi) is 6.37. The van der Waals surface area contributed by atoms with Gasteiger partial charge in [-0.2, -0.15) is 0 Å². The largest absolute Gasteiger partial charge is 0.314 e. The standard InChI is InChI=1S/C24H31N5S/c1-2-10-22-20(8-1)27-23(30-22)18-29(15-5-14-28-16-12-25-13-17-28)21-9-3-6-19-7-4-11-26-24(19)21/h1-2,4,7-8,10-11,21,25H,3,5-6,9,12-18H2/t21-/m0/s1. The number of benzene rings is 1. The summed E-state index contributed by atoms with van der Waals surface area (Å²) in [5.74, 6) is 0. The highest BCUT2D eigenvalue weighted by atomic mass is 32.1. The monoisotopic (exact) mass is 421 g/mol. The molecule has 5 nitrogen and oxygen atoms in total. The molecule has 1 aliphatic heterocycles. The van der Waals surface area contributed by atoms with Crippen LogP contribution in [0.1, 0.15) is 41.6 Å². The minimum Gasteiger partial charge on any atom is -0.314 e. The number of aromatic nitrogens is 2. The van der Waals surface area contributed by atoms with Crippen molar-refractivity contribution in [3.63, 3.8) is 0 Å². The number of rotatable bonds is 7. The first kappa shape index (κ1) is 20.1. The first-order valence-corrected chi connectivity index (χ1v) is 12.1. The average Bonchev–Trinajstić information content (AvgIpc) is 3.21. The molecular formula is C24H31N5S. The van der Waals surface area contributed by atoms with Crippen molar-refractivity contribution in [2.75, 3.05) is 39.3 Å². The van der Waals surface area contributed by atoms with E-state index in [0.29, 0.717) is 6.04 Å². The summed E-state index contributed by atoms with van der Waals surface area (Å²) < 4.78 is 1.29. The maximum atomic E-state index is 4.94. The SMILES string of the molecule is c1cnc2c(c1)CCC[C@@H]2N(CCCN1CCNCC1)Cc1nc2ccccc2s1. The van der Waals surface area contributed by atoms with E-state index in [4.69, 9.17) is 9.97 Å². The van der Waals surface area contributed by atoms with Crippen LogP contribution in [-0.2, 0) is 13.0 Å². The van der Waals surface area contributed by atoms with Gasteiger partial charge in [-0.05, 0) is 56.0 Å². The predicted molar refractivity (Wildman–Crippen MR) is 124 cm³/mol. The molecule has 2 aliphatic rings. The van der Waals surface area contributed by atoms with Gasteiger partial charge in [0.25, 0.3) is 0 Å². The molecule has 3 aromatic rings. The molecule has 0 unspecified atom stereocenters. The van der Waals surface area contributed by atoms with Crippen LogP contribution in [0.4, 0.5) is 0 Å². The molecule has 0 spiro atoms. The summed E-state index contributed by atoms with van der Waals surface area (Å²) in [6.45, 7) is 7.78. The van der Waals surface area contributed by atoms with Gasteiger partial charge in [-0.3, -0.25) is 9.88 Å². The number of nitrogens with zero attached hydrogens (tertiary/aromatic N) is 4. The molecule has 1 atom stereocenters. The number of fused-ring (bicyclic) bond motifs is 2. The number of aryl methyl sites for hydroxylation is 1. The van der Waals surface area contributed by atoms with Gasteiger partial charge < -0.3 is 10.2 Å². The normalized spacial score (nSPS) is 20.0. The maximum Gasteiger partial charge on any atom is 0.108 e. The Bertz CT molecular complexity index is 932. The van der Waals surface area contributed by atoms with Crippen molar-refractivity contribution in [1.82, 2.24) is 25.1 Å². The molecule has 0 bridgehead atoms. The number of piperazine rings is 1. The fourth-order valence-corrected chi connectivity index (χ4v) is 5.87. The van der Waals surface area contributed by atoms with E-state index < -0.39 is 0 Å². The van der Waals surface area contributed by atoms with Crippen molar-refractivity contribution in [3.8, 4) is 0 Å². The lowest BCUT2D eigenvalue weighted by molar-refractivity contribution is 0.149. The molecule has 0 radical (unpaired) electrons. The topological polar surface area (TPSA) is 44.3 Å². The quantitative estimate of drug-likeness (QED) is 0.627. The minimum absolute atomic E-state index is 0.407. The Morgan fingerprint density at radius 1 is 1.13 bits per heavy atom. The molecule has 0 amide bonds. The summed E-state index contributed by atoms with van der Waals surface area (Å²) in [6.07, 6.45) is 6.77. The highest BCUT2D eigenvalue weighted by molar-refractivity contribution is 7.18. The second-order valence-electron chi connectivity index (χ2n) is 8.45. The summed E-state index contributed by atoms with van der Waals surface area (Å²) in [5, 5.41) is 4.68. The Hall–Kier alpha value is -1.86. The fraction of sp³-hybridized carbons (Fsp3) is 0.500. The lowest BCUT2D eigenvalue weighted by Crippen LogP contribution is -2.44. The fourth-order valence-electron chi connectivity index (χ4n) is 4.88. The molecule has 1 fully saturated rings. The van der Waals surface area contributed by atoms with Gasteiger partial charge in [0.1, 0.15) is 5.01 Å². The number of thiazole rings is 1. The van der Waals surface area contributed by atoms with Crippen LogP contribution < -0.4 is 5.32 Å². The number of pyridine rings is 1. The number of para-hydroxylation sites is 1. The van der Waals surface area contributed by atoms with Gasteiger partial charge in [-0.25, -0.2) is 4.98 Å². The summed E-state index contributed by atoms with van der Waals surface area (Å²) >= 11 is 1.84. The summed E-state index contributed by atoms with van der Waals surface area (Å²) in [7, 11) is 0. The predicted octanol–water partition coefficient (Wildman–Crippen LogP) is 3.87. The molecular weight excluding hydrogens is 390 g/mol. The van der Waals surface area contributed by atoms with Gasteiger partial charge >= 0.3 is 0 Å². The van der Waals surface area contributed by atoms with Crippen molar-refractivity contribution < 1.29 is 0 Å². The summed E-state index contributed by atoms with van der Waals surface area (Å²) in [4.78, 5) is 15.0. The molecule has 5 rings (SSSR count). The lowest BCUT2D eigenvalue weighted by Gasteiger charge is -2.35. The van der Waals surface area contributed by atoms with Crippen LogP contribution in [0.15, 0.2) is 42.6 Å². The Balaban J connectivity index is 1.34. The zero-order chi connectivity index (χ0) is 20.2. The smallest absolute Gasteiger partial charge is 0.108 e. The van der Waals surface area contributed by atoms with Crippen LogP contribution in [0.5, 0.6) is 0 Å². The van der Waals surface area contributed by atoms with Crippen molar-refractivity contribution in [3.05, 3.63) is 58.9 Å². The third-order valence-electron chi connectivity index (χ3n) is 6.41. The van der Waals surface area contributed by atoms with Gasteiger partial charge in [0.05, 0.1) is 28.5 Å². The maximum absolute atomic E-state index is 4.94. The van der Waals surface area contributed by atoms with Gasteiger partial charge in [0.15, 0.2) is 0 Å². The van der Waals surface area contributed by atoms with Crippen LogP contribution in [-0.4, -0.2) is 59.0 Å². The highest BCUT2D eigenvalue weighted by Gasteiger charge is 2.28. The summed E-state index contributed by atoms with van der Waals surface area (Å²) in [6, 6.07) is 13.3. The van der Waals surface area contributed by atoms with E-state index in [2.05, 4.69) is 51.5 Å². The van der Waals surface area contributed by atoms with Crippen LogP contribution in [0.25, 0.3) is 10.2 Å². The van der Waals surface area contributed by atoms with Crippen molar-refractivity contribution in [2.45, 2.75) is 38.3 Å². The van der Waals surface area contributed by atoms with Gasteiger partial charge in [0.2, 0.25) is 0 Å². The number of hydrogen-bond acceptors (Lipinski definition) is 6. The van der Waals surface area contributed by atoms with Gasteiger partial charge in [0, 0.05) is 38.9 Å². The minimum atomic E-state index is 0.407. The van der Waals surface area contributed by atoms with E-state index in [0.717, 1.165) is 38.1 Å². The Morgan fingerprint density at radius 3 is 2.93 bits per heavy atom. The van der Waals surface area contributed by atoms with E-state index >= 15 is 0 Å². The molecule has 3 heterocycles. The highest BCUT2D eigenvalue weighted by Crippen LogP contribution is 2.34. The van der Waals surface area contributed by atoms with E-state index in [-0.39, 0.29) is 0 Å². The number of nitrogens with one attached hydrogen (secondary N) is 1. The third kappa shape index (κ3) is 4.57. The molecule has 1 aromatic carbocycles. The average molecular weight is 422 g/mol. The van der Waals surface area contributed by atoms with E-state index in [9.17, 15) is 0 Å². The molecule has 1 saturated heterocycles. The molecule has 0 saturated carbocycles. The van der Waals surface area contributed by atoms with Crippen LogP contribution in [0.3, 0.4) is 0 Å². The van der Waals surface area contributed by atoms with Gasteiger partial charge in [-0.1, -0.05) is 18.2 Å². The molecule has 30 heavy (non-hydrogen) atoms. The second-order valence-corrected chi connectivity index (χ2v) is 9.56. The Labute approximate surface area is 183 Å². The first-order chi connectivity index (χ1) is 14.9. The first-order valence-electron chi connectivity index (χ1n) is 11.3. The molecule has 158 valence electrons. The molecule has 2 aromatic heterocycles. The zero-order valence-corrected chi connectivity index (χ0v) is 18.4. The van der Waals surface area contributed by atoms with Crippen LogP contribution in [0, 0.1) is 0 Å².